The molecule has 0 spiro atoms. The van der Waals surface area contributed by atoms with E-state index in [1.165, 1.54) is 0 Å². The molecule has 2 aliphatic heterocycles. The Morgan fingerprint density at radius 1 is 0.968 bits per heavy atom. The average Bonchev–Trinajstić information content (AvgIpc) is 2.75. The minimum Gasteiger partial charge on any atom is -0.470 e. The Labute approximate surface area is 181 Å². The van der Waals surface area contributed by atoms with Gasteiger partial charge < -0.3 is 49.6 Å². The zero-order valence-corrected chi connectivity index (χ0v) is 17.8. The van der Waals surface area contributed by atoms with Gasteiger partial charge in [0.15, 0.2) is 6.29 Å². The predicted octanol–water partition coefficient (Wildman–Crippen LogP) is -1.39. The number of hydrogen-bond acceptors (Lipinski definition) is 10. The van der Waals surface area contributed by atoms with Crippen molar-refractivity contribution in [2.24, 2.45) is 17.3 Å². The van der Waals surface area contributed by atoms with Crippen LogP contribution in [0.25, 0.3) is 0 Å². The quantitative estimate of drug-likeness (QED) is 0.278. The van der Waals surface area contributed by atoms with Gasteiger partial charge in [-0.2, -0.15) is 0 Å². The molecule has 10 heteroatoms. The summed E-state index contributed by atoms with van der Waals surface area (Å²) in [5, 5.41) is 60.0. The Balaban J connectivity index is 1.36. The maximum Gasteiger partial charge on any atom is 0.228 e. The Kier molecular flexibility index (Phi) is 6.66. The molecule has 11 unspecified atom stereocenters. The average molecular weight is 446 g/mol. The lowest BCUT2D eigenvalue weighted by molar-refractivity contribution is -0.313. The van der Waals surface area contributed by atoms with Gasteiger partial charge in [0.25, 0.3) is 0 Å². The van der Waals surface area contributed by atoms with Crippen molar-refractivity contribution in [2.45, 2.75) is 88.4 Å². The molecule has 0 aromatic heterocycles. The van der Waals surface area contributed by atoms with E-state index in [4.69, 9.17) is 18.9 Å². The third-order valence-electron chi connectivity index (χ3n) is 7.60. The van der Waals surface area contributed by atoms with E-state index >= 15 is 0 Å². The molecule has 2 heterocycles. The summed E-state index contributed by atoms with van der Waals surface area (Å²) < 4.78 is 21.9. The van der Waals surface area contributed by atoms with Crippen molar-refractivity contribution in [2.75, 3.05) is 13.2 Å². The Morgan fingerprint density at radius 3 is 2.35 bits per heavy atom. The Bertz CT molecular complexity index is 667. The Hall–Kier alpha value is -0.820. The van der Waals surface area contributed by atoms with Crippen LogP contribution in [0.15, 0.2) is 11.8 Å². The lowest BCUT2D eigenvalue weighted by atomic mass is 9.47. The molecule has 3 aliphatic carbocycles. The van der Waals surface area contributed by atoms with Crippen molar-refractivity contribution in [3.63, 3.8) is 0 Å². The molecule has 2 bridgehead atoms. The van der Waals surface area contributed by atoms with E-state index in [1.54, 1.807) is 6.26 Å². The van der Waals surface area contributed by atoms with Crippen LogP contribution < -0.4 is 0 Å². The van der Waals surface area contributed by atoms with E-state index in [1.807, 2.05) is 0 Å². The molecule has 5 aliphatic rings. The number of hydrogen-bond donors (Lipinski definition) is 6. The molecular weight excluding hydrogens is 412 g/mol. The highest BCUT2D eigenvalue weighted by Crippen LogP contribution is 2.61. The zero-order chi connectivity index (χ0) is 22.5. The third kappa shape index (κ3) is 4.25. The third-order valence-corrected chi connectivity index (χ3v) is 7.60. The second-order valence-electron chi connectivity index (χ2n) is 9.77. The molecule has 11 atom stereocenters. The minimum absolute atomic E-state index is 0.226. The van der Waals surface area contributed by atoms with Gasteiger partial charge in [0, 0.05) is 0 Å². The molecule has 10 nitrogen and oxygen atoms in total. The van der Waals surface area contributed by atoms with Crippen molar-refractivity contribution < 1.29 is 49.6 Å². The van der Waals surface area contributed by atoms with Crippen LogP contribution >= 0.6 is 0 Å². The molecule has 0 amide bonds. The fourth-order valence-electron chi connectivity index (χ4n) is 5.23. The fraction of sp³-hybridized carbons (Fsp3) is 0.905. The van der Waals surface area contributed by atoms with Crippen LogP contribution in [0.4, 0.5) is 0 Å². The monoisotopic (exact) mass is 446 g/mol. The van der Waals surface area contributed by atoms with Gasteiger partial charge in [-0.3, -0.25) is 0 Å². The van der Waals surface area contributed by atoms with Gasteiger partial charge >= 0.3 is 0 Å². The van der Waals surface area contributed by atoms with E-state index < -0.39 is 55.3 Å². The van der Waals surface area contributed by atoms with E-state index in [9.17, 15) is 30.6 Å². The molecule has 6 N–H and O–H groups in total. The molecule has 0 radical (unpaired) electrons. The Morgan fingerprint density at radius 2 is 1.68 bits per heavy atom. The van der Waals surface area contributed by atoms with Crippen molar-refractivity contribution in [3.8, 4) is 0 Å². The molecule has 31 heavy (non-hydrogen) atoms. The maximum absolute atomic E-state index is 10.3. The van der Waals surface area contributed by atoms with Crippen LogP contribution in [-0.2, 0) is 18.9 Å². The minimum atomic E-state index is -1.52. The lowest BCUT2D eigenvalue weighted by Crippen LogP contribution is -2.60. The predicted molar refractivity (Wildman–Crippen MR) is 104 cm³/mol. The largest absolute Gasteiger partial charge is 0.470 e. The van der Waals surface area contributed by atoms with Gasteiger partial charge in [0.1, 0.15) is 42.7 Å². The first-order chi connectivity index (χ1) is 14.6. The van der Waals surface area contributed by atoms with Crippen LogP contribution in [0.2, 0.25) is 0 Å². The van der Waals surface area contributed by atoms with Crippen LogP contribution in [0.5, 0.6) is 0 Å². The standard InChI is InChI=1S/C21H34O10/c1-21(2)10-4-3-9(11(21)5-10)6-28-20-18(27)16(25)15(24)13(31-20)8-30-19-17(26)14(23)12(22)7-29-19/h6,10-20,22-27H,3-5,7-8H2,1-2H3. The van der Waals surface area contributed by atoms with Crippen LogP contribution in [-0.4, -0.2) is 99.2 Å². The number of fused-ring (bicyclic) bond motifs is 2. The van der Waals surface area contributed by atoms with Gasteiger partial charge in [0.2, 0.25) is 6.29 Å². The van der Waals surface area contributed by atoms with Crippen molar-refractivity contribution >= 4 is 0 Å². The topological polar surface area (TPSA) is 158 Å². The van der Waals surface area contributed by atoms with Crippen LogP contribution in [0, 0.1) is 17.3 Å². The molecule has 0 aromatic rings. The summed E-state index contributed by atoms with van der Waals surface area (Å²) in [6.45, 7) is 3.96. The number of allylic oxidation sites excluding steroid dienone is 1. The normalized spacial score (nSPS) is 50.7. The zero-order valence-electron chi connectivity index (χ0n) is 17.8. The summed E-state index contributed by atoms with van der Waals surface area (Å²) in [5.41, 5.74) is 1.38. The second-order valence-corrected chi connectivity index (χ2v) is 9.77. The van der Waals surface area contributed by atoms with Crippen LogP contribution in [0.1, 0.15) is 33.1 Å². The van der Waals surface area contributed by atoms with E-state index in [2.05, 4.69) is 13.8 Å². The molecule has 2 saturated heterocycles. The first-order valence-corrected chi connectivity index (χ1v) is 10.9. The molecule has 3 saturated carbocycles. The summed E-state index contributed by atoms with van der Waals surface area (Å²) in [5.74, 6) is 1.15. The first-order valence-electron chi connectivity index (χ1n) is 10.9. The van der Waals surface area contributed by atoms with Gasteiger partial charge in [-0.1, -0.05) is 13.8 Å². The van der Waals surface area contributed by atoms with E-state index in [0.29, 0.717) is 5.92 Å². The summed E-state index contributed by atoms with van der Waals surface area (Å²) >= 11 is 0. The first kappa shape index (κ1) is 23.3. The van der Waals surface area contributed by atoms with Gasteiger partial charge in [0.05, 0.1) is 19.5 Å². The van der Waals surface area contributed by atoms with Crippen LogP contribution in [0.3, 0.4) is 0 Å². The van der Waals surface area contributed by atoms with Gasteiger partial charge in [-0.05, 0) is 42.1 Å². The van der Waals surface area contributed by atoms with E-state index in [-0.39, 0.29) is 18.6 Å². The fourth-order valence-corrected chi connectivity index (χ4v) is 5.23. The lowest BCUT2D eigenvalue weighted by Gasteiger charge is -2.57. The highest BCUT2D eigenvalue weighted by Gasteiger charge is 2.52. The molecular formula is C21H34O10. The molecule has 0 aromatic carbocycles. The number of aliphatic hydroxyl groups is 6. The maximum atomic E-state index is 10.3. The summed E-state index contributed by atoms with van der Waals surface area (Å²) in [4.78, 5) is 0. The smallest absolute Gasteiger partial charge is 0.228 e. The number of aliphatic hydroxyl groups excluding tert-OH is 6. The summed E-state index contributed by atoms with van der Waals surface area (Å²) in [6, 6.07) is 0. The molecule has 178 valence electrons. The molecule has 5 rings (SSSR count). The number of ether oxygens (including phenoxy) is 4. The SMILES string of the molecule is CC1(C)C2CCC(=COC3OC(COC4OCC(O)C(O)C4O)C(O)C(O)C3O)C1C2. The van der Waals surface area contributed by atoms with Gasteiger partial charge in [-0.25, -0.2) is 0 Å². The summed E-state index contributed by atoms with van der Waals surface area (Å²) in [7, 11) is 0. The highest BCUT2D eigenvalue weighted by molar-refractivity contribution is 5.20. The highest BCUT2D eigenvalue weighted by atomic mass is 16.7. The van der Waals surface area contributed by atoms with Crippen molar-refractivity contribution in [1.82, 2.24) is 0 Å². The van der Waals surface area contributed by atoms with Crippen molar-refractivity contribution in [1.29, 1.82) is 0 Å². The molecule has 5 fully saturated rings. The van der Waals surface area contributed by atoms with Crippen molar-refractivity contribution in [3.05, 3.63) is 11.8 Å². The summed E-state index contributed by atoms with van der Waals surface area (Å²) in [6.07, 6.45) is -7.35. The van der Waals surface area contributed by atoms with Gasteiger partial charge in [-0.15, -0.1) is 0 Å². The van der Waals surface area contributed by atoms with E-state index in [0.717, 1.165) is 30.8 Å². The number of rotatable bonds is 5. The second kappa shape index (κ2) is 8.85.